The van der Waals surface area contributed by atoms with Crippen LogP contribution in [-0.2, 0) is 9.47 Å². The van der Waals surface area contributed by atoms with E-state index in [0.717, 1.165) is 16.3 Å². The van der Waals surface area contributed by atoms with Gasteiger partial charge in [-0.2, -0.15) is 0 Å². The number of halogens is 1. The van der Waals surface area contributed by atoms with Gasteiger partial charge in [-0.05, 0) is 12.1 Å². The number of hydrogen-bond donors (Lipinski definition) is 0. The number of hydrogen-bond acceptors (Lipinski definition) is 3. The fourth-order valence-electron chi connectivity index (χ4n) is 1.35. The Hall–Kier alpha value is -0.710. The second-order valence-corrected chi connectivity index (χ2v) is 3.83. The van der Waals surface area contributed by atoms with Crippen molar-refractivity contribution in [1.29, 1.82) is 0 Å². The smallest absolute Gasteiger partial charge is 0.185 e. The topological polar surface area (TPSA) is 35.5 Å². The van der Waals surface area contributed by atoms with Gasteiger partial charge in [0.15, 0.2) is 6.29 Å². The number of aldehydes is 1. The molecule has 0 saturated carbocycles. The Bertz CT molecular complexity index is 345. The van der Waals surface area contributed by atoms with Crippen molar-refractivity contribution in [1.82, 2.24) is 0 Å². The predicted molar refractivity (Wildman–Crippen MR) is 54.2 cm³/mol. The lowest BCUT2D eigenvalue weighted by atomic mass is 10.1. The molecule has 1 aromatic carbocycles. The van der Waals surface area contributed by atoms with Crippen LogP contribution in [-0.4, -0.2) is 19.5 Å². The highest BCUT2D eigenvalue weighted by molar-refractivity contribution is 9.10. The average Bonchev–Trinajstić information content (AvgIpc) is 2.71. The van der Waals surface area contributed by atoms with Crippen LogP contribution >= 0.6 is 15.9 Å². The first-order chi connectivity index (χ1) is 6.81. The van der Waals surface area contributed by atoms with Crippen molar-refractivity contribution < 1.29 is 14.3 Å². The molecule has 3 nitrogen and oxygen atoms in total. The summed E-state index contributed by atoms with van der Waals surface area (Å²) in [4.78, 5) is 10.6. The Balaban J connectivity index is 2.34. The maximum absolute atomic E-state index is 10.6. The van der Waals surface area contributed by atoms with E-state index in [-0.39, 0.29) is 6.29 Å². The summed E-state index contributed by atoms with van der Waals surface area (Å²) in [7, 11) is 0. The van der Waals surface area contributed by atoms with E-state index in [1.165, 1.54) is 0 Å². The van der Waals surface area contributed by atoms with Crippen LogP contribution in [0, 0.1) is 0 Å². The number of ether oxygens (including phenoxy) is 2. The summed E-state index contributed by atoms with van der Waals surface area (Å²) in [5.74, 6) is 0. The van der Waals surface area contributed by atoms with E-state index in [2.05, 4.69) is 15.9 Å². The molecule has 1 heterocycles. The first kappa shape index (κ1) is 9.83. The summed E-state index contributed by atoms with van der Waals surface area (Å²) < 4.78 is 11.6. The molecule has 0 bridgehead atoms. The number of rotatable bonds is 2. The molecule has 0 aromatic heterocycles. The Labute approximate surface area is 90.1 Å². The number of carbonyl (C=O) groups excluding carboxylic acids is 1. The first-order valence-corrected chi connectivity index (χ1v) is 5.08. The monoisotopic (exact) mass is 256 g/mol. The maximum Gasteiger partial charge on any atom is 0.185 e. The van der Waals surface area contributed by atoms with Crippen LogP contribution in [0.25, 0.3) is 0 Å². The zero-order valence-corrected chi connectivity index (χ0v) is 8.99. The third-order valence-corrected chi connectivity index (χ3v) is 2.75. The molecule has 1 aromatic rings. The van der Waals surface area contributed by atoms with Crippen LogP contribution in [0.4, 0.5) is 0 Å². The summed E-state index contributed by atoms with van der Waals surface area (Å²) in [6, 6.07) is 5.34. The lowest BCUT2D eigenvalue weighted by Gasteiger charge is -2.11. The van der Waals surface area contributed by atoms with Crippen molar-refractivity contribution in [3.8, 4) is 0 Å². The van der Waals surface area contributed by atoms with E-state index in [1.54, 1.807) is 12.1 Å². The van der Waals surface area contributed by atoms with Crippen LogP contribution in [0.15, 0.2) is 22.7 Å². The molecule has 2 rings (SSSR count). The van der Waals surface area contributed by atoms with Gasteiger partial charge in [0, 0.05) is 15.6 Å². The van der Waals surface area contributed by atoms with Gasteiger partial charge in [-0.3, -0.25) is 4.79 Å². The van der Waals surface area contributed by atoms with Crippen molar-refractivity contribution in [2.45, 2.75) is 6.29 Å². The van der Waals surface area contributed by atoms with Crippen molar-refractivity contribution in [2.75, 3.05) is 13.2 Å². The van der Waals surface area contributed by atoms with Crippen LogP contribution in [0.2, 0.25) is 0 Å². The number of carbonyl (C=O) groups is 1. The molecular weight excluding hydrogens is 248 g/mol. The van der Waals surface area contributed by atoms with Gasteiger partial charge in [0.1, 0.15) is 6.29 Å². The van der Waals surface area contributed by atoms with Gasteiger partial charge in [0.25, 0.3) is 0 Å². The van der Waals surface area contributed by atoms with Crippen molar-refractivity contribution in [3.05, 3.63) is 33.8 Å². The van der Waals surface area contributed by atoms with E-state index in [0.29, 0.717) is 18.8 Å². The largest absolute Gasteiger partial charge is 0.346 e. The van der Waals surface area contributed by atoms with Gasteiger partial charge < -0.3 is 9.47 Å². The summed E-state index contributed by atoms with van der Waals surface area (Å²) in [5.41, 5.74) is 1.49. The average molecular weight is 257 g/mol. The highest BCUT2D eigenvalue weighted by atomic mass is 79.9. The maximum atomic E-state index is 10.6. The molecule has 1 aliphatic rings. The molecular formula is C10H9BrO3. The van der Waals surface area contributed by atoms with E-state index in [9.17, 15) is 4.79 Å². The van der Waals surface area contributed by atoms with Crippen LogP contribution in [0.5, 0.6) is 0 Å². The zero-order chi connectivity index (χ0) is 9.97. The molecule has 4 heteroatoms. The highest BCUT2D eigenvalue weighted by Gasteiger charge is 2.20. The molecule has 0 atom stereocenters. The summed E-state index contributed by atoms with van der Waals surface area (Å²) in [6.07, 6.45) is 0.467. The Kier molecular flexibility index (Phi) is 2.96. The minimum Gasteiger partial charge on any atom is -0.346 e. The predicted octanol–water partition coefficient (Wildman–Crippen LogP) is 2.31. The summed E-state index contributed by atoms with van der Waals surface area (Å²) >= 11 is 3.39. The minimum atomic E-state index is -0.343. The third kappa shape index (κ3) is 1.87. The highest BCUT2D eigenvalue weighted by Crippen LogP contribution is 2.30. The lowest BCUT2D eigenvalue weighted by Crippen LogP contribution is -2.00. The molecule has 14 heavy (non-hydrogen) atoms. The summed E-state index contributed by atoms with van der Waals surface area (Å²) in [5, 5.41) is 0. The molecule has 0 aliphatic carbocycles. The molecule has 0 amide bonds. The summed E-state index contributed by atoms with van der Waals surface area (Å²) in [6.45, 7) is 1.20. The van der Waals surface area contributed by atoms with Crippen LogP contribution in [0.1, 0.15) is 22.2 Å². The standard InChI is InChI=1S/C10H9BrO3/c11-9-2-1-7(6-12)5-8(9)10-13-3-4-14-10/h1-2,5-6,10H,3-4H2. The SMILES string of the molecule is O=Cc1ccc(Br)c(C2OCCO2)c1. The zero-order valence-electron chi connectivity index (χ0n) is 7.40. The van der Waals surface area contributed by atoms with Gasteiger partial charge >= 0.3 is 0 Å². The lowest BCUT2D eigenvalue weighted by molar-refractivity contribution is -0.0446. The molecule has 1 fully saturated rings. The van der Waals surface area contributed by atoms with E-state index < -0.39 is 0 Å². The minimum absolute atomic E-state index is 0.343. The van der Waals surface area contributed by atoms with Gasteiger partial charge in [-0.25, -0.2) is 0 Å². The van der Waals surface area contributed by atoms with Crippen molar-refractivity contribution in [3.63, 3.8) is 0 Å². The molecule has 0 radical (unpaired) electrons. The fourth-order valence-corrected chi connectivity index (χ4v) is 1.79. The normalized spacial score (nSPS) is 17.2. The quantitative estimate of drug-likeness (QED) is 0.762. The van der Waals surface area contributed by atoms with Gasteiger partial charge in [0.05, 0.1) is 13.2 Å². The van der Waals surface area contributed by atoms with Crippen LogP contribution < -0.4 is 0 Å². The molecule has 1 aliphatic heterocycles. The fraction of sp³-hybridized carbons (Fsp3) is 0.300. The molecule has 0 spiro atoms. The van der Waals surface area contributed by atoms with Gasteiger partial charge in [-0.15, -0.1) is 0 Å². The van der Waals surface area contributed by atoms with E-state index >= 15 is 0 Å². The van der Waals surface area contributed by atoms with E-state index in [1.807, 2.05) is 6.07 Å². The van der Waals surface area contributed by atoms with Crippen molar-refractivity contribution >= 4 is 22.2 Å². The molecule has 74 valence electrons. The second-order valence-electron chi connectivity index (χ2n) is 2.97. The van der Waals surface area contributed by atoms with E-state index in [4.69, 9.17) is 9.47 Å². The molecule has 1 saturated heterocycles. The van der Waals surface area contributed by atoms with Crippen LogP contribution in [0.3, 0.4) is 0 Å². The Morgan fingerprint density at radius 3 is 2.71 bits per heavy atom. The molecule has 0 unspecified atom stereocenters. The number of benzene rings is 1. The Morgan fingerprint density at radius 2 is 2.07 bits per heavy atom. The van der Waals surface area contributed by atoms with Crippen molar-refractivity contribution in [2.24, 2.45) is 0 Å². The third-order valence-electron chi connectivity index (χ3n) is 2.03. The second kappa shape index (κ2) is 4.21. The Morgan fingerprint density at radius 1 is 1.36 bits per heavy atom. The van der Waals surface area contributed by atoms with Gasteiger partial charge in [-0.1, -0.05) is 22.0 Å². The van der Waals surface area contributed by atoms with Gasteiger partial charge in [0.2, 0.25) is 0 Å². The molecule has 0 N–H and O–H groups in total. The first-order valence-electron chi connectivity index (χ1n) is 4.29.